The molecule has 0 amide bonds. The van der Waals surface area contributed by atoms with Crippen LogP contribution in [0.1, 0.15) is 11.6 Å². The number of hydrogen-bond acceptors (Lipinski definition) is 2. The van der Waals surface area contributed by atoms with E-state index in [1.807, 2.05) is 0 Å². The number of carboxylic acids is 1. The molecule has 0 aromatic heterocycles. The Hall–Kier alpha value is -0.840. The first-order valence-corrected chi connectivity index (χ1v) is 4.32. The van der Waals surface area contributed by atoms with Crippen molar-refractivity contribution in [2.45, 2.75) is 6.04 Å². The van der Waals surface area contributed by atoms with Gasteiger partial charge in [-0.15, -0.1) is 0 Å². The SMILES string of the molecule is NC(C(=O)O)c1cc(Cl)cc(Cl)c1F. The normalized spacial score (nSPS) is 12.6. The molecule has 76 valence electrons. The molecule has 0 radical (unpaired) electrons. The molecule has 1 atom stereocenters. The zero-order chi connectivity index (χ0) is 10.9. The quantitative estimate of drug-likeness (QED) is 0.776. The maximum absolute atomic E-state index is 13.3. The van der Waals surface area contributed by atoms with E-state index in [1.165, 1.54) is 6.07 Å². The van der Waals surface area contributed by atoms with Gasteiger partial charge in [0.15, 0.2) is 0 Å². The predicted molar refractivity (Wildman–Crippen MR) is 51.0 cm³/mol. The predicted octanol–water partition coefficient (Wildman–Crippen LogP) is 2.22. The summed E-state index contributed by atoms with van der Waals surface area (Å²) in [4.78, 5) is 10.5. The molecule has 3 N–H and O–H groups in total. The summed E-state index contributed by atoms with van der Waals surface area (Å²) in [5.41, 5.74) is 4.99. The van der Waals surface area contributed by atoms with Crippen molar-refractivity contribution in [3.63, 3.8) is 0 Å². The Morgan fingerprint density at radius 3 is 2.57 bits per heavy atom. The van der Waals surface area contributed by atoms with E-state index in [-0.39, 0.29) is 15.6 Å². The number of aliphatic carboxylic acids is 1. The number of nitrogens with two attached hydrogens (primary N) is 1. The van der Waals surface area contributed by atoms with Gasteiger partial charge < -0.3 is 10.8 Å². The van der Waals surface area contributed by atoms with Crippen LogP contribution in [0.25, 0.3) is 0 Å². The molecule has 1 unspecified atom stereocenters. The van der Waals surface area contributed by atoms with Gasteiger partial charge in [0.1, 0.15) is 11.9 Å². The Balaban J connectivity index is 3.26. The van der Waals surface area contributed by atoms with E-state index >= 15 is 0 Å². The largest absolute Gasteiger partial charge is 0.480 e. The van der Waals surface area contributed by atoms with Crippen molar-refractivity contribution >= 4 is 29.2 Å². The highest BCUT2D eigenvalue weighted by Crippen LogP contribution is 2.27. The Kier molecular flexibility index (Phi) is 3.31. The summed E-state index contributed by atoms with van der Waals surface area (Å²) < 4.78 is 13.3. The van der Waals surface area contributed by atoms with Crippen LogP contribution >= 0.6 is 23.2 Å². The Morgan fingerprint density at radius 2 is 2.07 bits per heavy atom. The third-order valence-electron chi connectivity index (χ3n) is 1.62. The van der Waals surface area contributed by atoms with E-state index in [0.717, 1.165) is 6.07 Å². The molecule has 1 aromatic rings. The molecule has 0 saturated carbocycles. The van der Waals surface area contributed by atoms with Crippen molar-refractivity contribution in [3.8, 4) is 0 Å². The average molecular weight is 238 g/mol. The summed E-state index contributed by atoms with van der Waals surface area (Å²) in [7, 11) is 0. The van der Waals surface area contributed by atoms with Gasteiger partial charge in [-0.3, -0.25) is 4.79 Å². The first-order chi connectivity index (χ1) is 6.43. The number of carbonyl (C=O) groups is 1. The van der Waals surface area contributed by atoms with Crippen molar-refractivity contribution in [1.29, 1.82) is 0 Å². The molecule has 0 aliphatic carbocycles. The number of carboxylic acid groups (broad SMARTS) is 1. The second-order valence-electron chi connectivity index (χ2n) is 2.61. The van der Waals surface area contributed by atoms with E-state index in [0.29, 0.717) is 0 Å². The van der Waals surface area contributed by atoms with Crippen LogP contribution in [0.5, 0.6) is 0 Å². The van der Waals surface area contributed by atoms with Gasteiger partial charge in [-0.25, -0.2) is 4.39 Å². The number of benzene rings is 1. The van der Waals surface area contributed by atoms with Gasteiger partial charge in [0.25, 0.3) is 0 Å². The molecule has 0 fully saturated rings. The summed E-state index contributed by atoms with van der Waals surface area (Å²) >= 11 is 11.0. The molecular weight excluding hydrogens is 232 g/mol. The maximum atomic E-state index is 13.3. The van der Waals surface area contributed by atoms with E-state index in [2.05, 4.69) is 0 Å². The topological polar surface area (TPSA) is 63.3 Å². The standard InChI is InChI=1S/C8H6Cl2FNO2/c9-3-1-4(7(12)8(13)14)6(11)5(10)2-3/h1-2,7H,12H2,(H,13,14). The zero-order valence-electron chi connectivity index (χ0n) is 6.80. The fourth-order valence-electron chi connectivity index (χ4n) is 0.935. The van der Waals surface area contributed by atoms with Crippen LogP contribution < -0.4 is 5.73 Å². The number of hydrogen-bond donors (Lipinski definition) is 2. The van der Waals surface area contributed by atoms with Gasteiger partial charge in [0, 0.05) is 10.6 Å². The van der Waals surface area contributed by atoms with Gasteiger partial charge in [0.2, 0.25) is 0 Å². The van der Waals surface area contributed by atoms with Crippen LogP contribution in [-0.4, -0.2) is 11.1 Å². The minimum atomic E-state index is -1.47. The smallest absolute Gasteiger partial charge is 0.325 e. The zero-order valence-corrected chi connectivity index (χ0v) is 8.31. The summed E-state index contributed by atoms with van der Waals surface area (Å²) in [6.07, 6.45) is 0. The lowest BCUT2D eigenvalue weighted by Crippen LogP contribution is -2.22. The number of rotatable bonds is 2. The van der Waals surface area contributed by atoms with Crippen molar-refractivity contribution < 1.29 is 14.3 Å². The maximum Gasteiger partial charge on any atom is 0.325 e. The molecule has 0 aliphatic heterocycles. The summed E-state index contributed by atoms with van der Waals surface area (Å²) in [6.45, 7) is 0. The Morgan fingerprint density at radius 1 is 1.50 bits per heavy atom. The summed E-state index contributed by atoms with van der Waals surface area (Å²) in [6, 6.07) is 0.851. The minimum absolute atomic E-state index is 0.142. The van der Waals surface area contributed by atoms with Gasteiger partial charge in [-0.1, -0.05) is 23.2 Å². The second kappa shape index (κ2) is 4.13. The first kappa shape index (κ1) is 11.2. The van der Waals surface area contributed by atoms with Crippen molar-refractivity contribution in [3.05, 3.63) is 33.6 Å². The van der Waals surface area contributed by atoms with Crippen LogP contribution in [0.15, 0.2) is 12.1 Å². The highest BCUT2D eigenvalue weighted by molar-refractivity contribution is 6.34. The van der Waals surface area contributed by atoms with Crippen molar-refractivity contribution in [2.24, 2.45) is 5.73 Å². The van der Waals surface area contributed by atoms with Crippen LogP contribution in [0.4, 0.5) is 4.39 Å². The second-order valence-corrected chi connectivity index (χ2v) is 3.45. The molecular formula is C8H6Cl2FNO2. The average Bonchev–Trinajstić information content (AvgIpc) is 2.09. The highest BCUT2D eigenvalue weighted by atomic mass is 35.5. The molecule has 0 aliphatic rings. The van der Waals surface area contributed by atoms with Gasteiger partial charge >= 0.3 is 5.97 Å². The molecule has 14 heavy (non-hydrogen) atoms. The highest BCUT2D eigenvalue weighted by Gasteiger charge is 2.20. The van der Waals surface area contributed by atoms with Crippen LogP contribution in [0.3, 0.4) is 0 Å². The Bertz CT molecular complexity index is 384. The van der Waals surface area contributed by atoms with Crippen LogP contribution in [0, 0.1) is 5.82 Å². The van der Waals surface area contributed by atoms with Crippen LogP contribution in [-0.2, 0) is 4.79 Å². The van der Waals surface area contributed by atoms with Crippen molar-refractivity contribution in [2.75, 3.05) is 0 Å². The molecule has 3 nitrogen and oxygen atoms in total. The first-order valence-electron chi connectivity index (χ1n) is 3.56. The van der Waals surface area contributed by atoms with Crippen LogP contribution in [0.2, 0.25) is 10.0 Å². The molecule has 1 rings (SSSR count). The molecule has 1 aromatic carbocycles. The molecule has 0 heterocycles. The summed E-state index contributed by atoms with van der Waals surface area (Å²) in [5, 5.41) is 8.46. The van der Waals surface area contributed by atoms with Crippen molar-refractivity contribution in [1.82, 2.24) is 0 Å². The molecule has 6 heteroatoms. The van der Waals surface area contributed by atoms with E-state index in [9.17, 15) is 9.18 Å². The lowest BCUT2D eigenvalue weighted by Gasteiger charge is -2.09. The monoisotopic (exact) mass is 237 g/mol. The minimum Gasteiger partial charge on any atom is -0.480 e. The lowest BCUT2D eigenvalue weighted by molar-refractivity contribution is -0.138. The fourth-order valence-corrected chi connectivity index (χ4v) is 1.44. The number of halogens is 3. The van der Waals surface area contributed by atoms with E-state index in [4.69, 9.17) is 34.0 Å². The third kappa shape index (κ3) is 2.15. The third-order valence-corrected chi connectivity index (χ3v) is 2.12. The van der Waals surface area contributed by atoms with Gasteiger partial charge in [-0.2, -0.15) is 0 Å². The van der Waals surface area contributed by atoms with Gasteiger partial charge in [-0.05, 0) is 12.1 Å². The van der Waals surface area contributed by atoms with E-state index in [1.54, 1.807) is 0 Å². The summed E-state index contributed by atoms with van der Waals surface area (Å²) in [5.74, 6) is -2.20. The fraction of sp³-hybridized carbons (Fsp3) is 0.125. The van der Waals surface area contributed by atoms with E-state index < -0.39 is 17.8 Å². The van der Waals surface area contributed by atoms with Gasteiger partial charge in [0.05, 0.1) is 5.02 Å². The Labute approximate surface area is 89.2 Å². The molecule has 0 bridgehead atoms. The molecule has 0 spiro atoms. The molecule has 0 saturated heterocycles. The lowest BCUT2D eigenvalue weighted by atomic mass is 10.1.